The summed E-state index contributed by atoms with van der Waals surface area (Å²) in [6, 6.07) is 0. The lowest BCUT2D eigenvalue weighted by Gasteiger charge is -2.26. The summed E-state index contributed by atoms with van der Waals surface area (Å²) in [4.78, 5) is 23.3. The molecule has 0 saturated heterocycles. The SMILES string of the molecule is CCCCCCCCCCCOC(=O)CC(=O)OC(C)C(C)(C)C. The Labute approximate surface area is 148 Å². The van der Waals surface area contributed by atoms with Crippen molar-refractivity contribution in [2.45, 2.75) is 105 Å². The first kappa shape index (κ1) is 22.9. The molecule has 0 aromatic heterocycles. The fraction of sp³-hybridized carbons (Fsp3) is 0.900. The van der Waals surface area contributed by atoms with Crippen molar-refractivity contribution >= 4 is 11.9 Å². The number of carbonyl (C=O) groups excluding carboxylic acids is 2. The molecule has 4 heteroatoms. The molecular formula is C20H38O4. The molecule has 1 unspecified atom stereocenters. The van der Waals surface area contributed by atoms with Crippen LogP contribution in [0.5, 0.6) is 0 Å². The van der Waals surface area contributed by atoms with Crippen LogP contribution < -0.4 is 0 Å². The number of hydrogen-bond donors (Lipinski definition) is 0. The highest BCUT2D eigenvalue weighted by Gasteiger charge is 2.24. The molecule has 0 aromatic carbocycles. The summed E-state index contributed by atoms with van der Waals surface area (Å²) in [5, 5.41) is 0. The molecule has 0 fully saturated rings. The van der Waals surface area contributed by atoms with Crippen molar-refractivity contribution in [2.24, 2.45) is 5.41 Å². The summed E-state index contributed by atoms with van der Waals surface area (Å²) in [7, 11) is 0. The van der Waals surface area contributed by atoms with Crippen LogP contribution in [0.2, 0.25) is 0 Å². The van der Waals surface area contributed by atoms with Crippen LogP contribution in [0.15, 0.2) is 0 Å². The van der Waals surface area contributed by atoms with Crippen LogP contribution in [0.3, 0.4) is 0 Å². The van der Waals surface area contributed by atoms with E-state index in [4.69, 9.17) is 9.47 Å². The van der Waals surface area contributed by atoms with Crippen LogP contribution in [0.4, 0.5) is 0 Å². The Kier molecular flexibility index (Phi) is 12.7. The van der Waals surface area contributed by atoms with E-state index in [1.165, 1.54) is 44.9 Å². The van der Waals surface area contributed by atoms with E-state index < -0.39 is 11.9 Å². The van der Waals surface area contributed by atoms with Gasteiger partial charge in [0.05, 0.1) is 6.61 Å². The van der Waals surface area contributed by atoms with Gasteiger partial charge >= 0.3 is 11.9 Å². The standard InChI is InChI=1S/C20H38O4/c1-6-7-8-9-10-11-12-13-14-15-23-18(21)16-19(22)24-17(2)20(3,4)5/h17H,6-16H2,1-5H3. The van der Waals surface area contributed by atoms with Crippen molar-refractivity contribution in [3.05, 3.63) is 0 Å². The Bertz CT molecular complexity index is 344. The zero-order chi connectivity index (χ0) is 18.4. The second-order valence-corrected chi connectivity index (χ2v) is 7.72. The van der Waals surface area contributed by atoms with Gasteiger partial charge in [0.1, 0.15) is 12.5 Å². The largest absolute Gasteiger partial charge is 0.465 e. The minimum Gasteiger partial charge on any atom is -0.465 e. The molecule has 0 amide bonds. The molecule has 0 radical (unpaired) electrons. The Hall–Kier alpha value is -1.06. The third-order valence-electron chi connectivity index (χ3n) is 4.33. The van der Waals surface area contributed by atoms with E-state index in [1.54, 1.807) is 0 Å². The lowest BCUT2D eigenvalue weighted by molar-refractivity contribution is -0.160. The number of carbonyl (C=O) groups is 2. The van der Waals surface area contributed by atoms with Crippen molar-refractivity contribution in [1.82, 2.24) is 0 Å². The smallest absolute Gasteiger partial charge is 0.317 e. The van der Waals surface area contributed by atoms with Crippen LogP contribution in [0.1, 0.15) is 98.8 Å². The predicted octanol–water partition coefficient (Wildman–Crippen LogP) is 5.43. The van der Waals surface area contributed by atoms with Gasteiger partial charge in [-0.2, -0.15) is 0 Å². The number of esters is 2. The first-order valence-corrected chi connectivity index (χ1v) is 9.62. The maximum Gasteiger partial charge on any atom is 0.317 e. The fourth-order valence-electron chi connectivity index (χ4n) is 2.18. The molecule has 0 aromatic rings. The van der Waals surface area contributed by atoms with E-state index in [-0.39, 0.29) is 17.9 Å². The molecule has 0 N–H and O–H groups in total. The summed E-state index contributed by atoms with van der Waals surface area (Å²) in [5.74, 6) is -0.991. The van der Waals surface area contributed by atoms with Gasteiger partial charge in [-0.3, -0.25) is 9.59 Å². The highest BCUT2D eigenvalue weighted by molar-refractivity contribution is 5.91. The molecule has 0 bridgehead atoms. The molecule has 0 rings (SSSR count). The maximum atomic E-state index is 11.7. The molecule has 142 valence electrons. The monoisotopic (exact) mass is 342 g/mol. The van der Waals surface area contributed by atoms with E-state index in [9.17, 15) is 9.59 Å². The van der Waals surface area contributed by atoms with Gasteiger partial charge in [-0.25, -0.2) is 0 Å². The predicted molar refractivity (Wildman–Crippen MR) is 97.8 cm³/mol. The number of ether oxygens (including phenoxy) is 2. The number of hydrogen-bond acceptors (Lipinski definition) is 4. The Morgan fingerprint density at radius 3 is 1.83 bits per heavy atom. The molecule has 0 aliphatic carbocycles. The number of unbranched alkanes of at least 4 members (excludes halogenated alkanes) is 8. The van der Waals surface area contributed by atoms with Crippen LogP contribution >= 0.6 is 0 Å². The molecule has 0 aliphatic heterocycles. The quantitative estimate of drug-likeness (QED) is 0.254. The van der Waals surface area contributed by atoms with E-state index in [1.807, 2.05) is 27.7 Å². The second kappa shape index (κ2) is 13.3. The van der Waals surface area contributed by atoms with E-state index in [0.29, 0.717) is 6.61 Å². The lowest BCUT2D eigenvalue weighted by Crippen LogP contribution is -2.29. The fourth-order valence-corrected chi connectivity index (χ4v) is 2.18. The number of rotatable bonds is 13. The third kappa shape index (κ3) is 13.4. The first-order chi connectivity index (χ1) is 11.3. The molecule has 0 spiro atoms. The normalized spacial score (nSPS) is 12.7. The second-order valence-electron chi connectivity index (χ2n) is 7.72. The molecule has 4 nitrogen and oxygen atoms in total. The minimum atomic E-state index is -0.505. The third-order valence-corrected chi connectivity index (χ3v) is 4.33. The van der Waals surface area contributed by atoms with Gasteiger partial charge in [-0.15, -0.1) is 0 Å². The summed E-state index contributed by atoms with van der Waals surface area (Å²) in [6.45, 7) is 10.4. The molecule has 24 heavy (non-hydrogen) atoms. The molecule has 1 atom stereocenters. The Morgan fingerprint density at radius 2 is 1.33 bits per heavy atom. The molecule has 0 saturated carbocycles. The van der Waals surface area contributed by atoms with Gasteiger partial charge in [-0.05, 0) is 18.8 Å². The zero-order valence-electron chi connectivity index (χ0n) is 16.5. The summed E-state index contributed by atoms with van der Waals surface area (Å²) < 4.78 is 10.3. The Balaban J connectivity index is 3.54. The summed E-state index contributed by atoms with van der Waals surface area (Å²) in [6.07, 6.45) is 10.5. The Morgan fingerprint density at radius 1 is 0.833 bits per heavy atom. The topological polar surface area (TPSA) is 52.6 Å². The first-order valence-electron chi connectivity index (χ1n) is 9.62. The van der Waals surface area contributed by atoms with Crippen LogP contribution in [0.25, 0.3) is 0 Å². The van der Waals surface area contributed by atoms with Crippen molar-refractivity contribution < 1.29 is 19.1 Å². The van der Waals surface area contributed by atoms with Gasteiger partial charge in [-0.1, -0.05) is 79.1 Å². The van der Waals surface area contributed by atoms with Gasteiger partial charge in [0.15, 0.2) is 0 Å². The van der Waals surface area contributed by atoms with Crippen LogP contribution in [-0.4, -0.2) is 24.6 Å². The molecule has 0 aliphatic rings. The van der Waals surface area contributed by atoms with E-state index >= 15 is 0 Å². The van der Waals surface area contributed by atoms with Gasteiger partial charge in [0.25, 0.3) is 0 Å². The average Bonchev–Trinajstić information content (AvgIpc) is 2.48. The van der Waals surface area contributed by atoms with Crippen LogP contribution in [0, 0.1) is 5.41 Å². The van der Waals surface area contributed by atoms with E-state index in [0.717, 1.165) is 12.8 Å². The lowest BCUT2D eigenvalue weighted by atomic mass is 9.90. The minimum absolute atomic E-state index is 0.129. The van der Waals surface area contributed by atoms with Gasteiger partial charge in [0.2, 0.25) is 0 Å². The van der Waals surface area contributed by atoms with Crippen molar-refractivity contribution in [3.63, 3.8) is 0 Å². The van der Waals surface area contributed by atoms with Gasteiger partial charge < -0.3 is 9.47 Å². The summed E-state index contributed by atoms with van der Waals surface area (Å²) in [5.41, 5.74) is -0.129. The van der Waals surface area contributed by atoms with Crippen molar-refractivity contribution in [3.8, 4) is 0 Å². The molecular weight excluding hydrogens is 304 g/mol. The summed E-state index contributed by atoms with van der Waals surface area (Å²) >= 11 is 0. The van der Waals surface area contributed by atoms with Gasteiger partial charge in [0, 0.05) is 0 Å². The van der Waals surface area contributed by atoms with Crippen molar-refractivity contribution in [1.29, 1.82) is 0 Å². The van der Waals surface area contributed by atoms with Crippen LogP contribution in [-0.2, 0) is 19.1 Å². The average molecular weight is 343 g/mol. The van der Waals surface area contributed by atoms with Crippen molar-refractivity contribution in [2.75, 3.05) is 6.61 Å². The highest BCUT2D eigenvalue weighted by atomic mass is 16.6. The zero-order valence-corrected chi connectivity index (χ0v) is 16.5. The highest BCUT2D eigenvalue weighted by Crippen LogP contribution is 2.22. The maximum absolute atomic E-state index is 11.7. The van der Waals surface area contributed by atoms with E-state index in [2.05, 4.69) is 6.92 Å². The molecule has 0 heterocycles.